The molecule has 0 heterocycles. The number of para-hydroxylation sites is 1. The lowest BCUT2D eigenvalue weighted by Crippen LogP contribution is -2.28. The summed E-state index contributed by atoms with van der Waals surface area (Å²) in [4.78, 5) is 14.4. The standard InChI is InChI=1S/C21H20N2OS/c1-16-11-13-17(14-12-16)15-22-21(24)23-19-9-5-6-10-20(19)25-18-7-3-2-4-8-18/h2-14H,15H2,1H3,(H2,22,23,24). The van der Waals surface area contributed by atoms with Gasteiger partial charge in [0.15, 0.2) is 0 Å². The van der Waals surface area contributed by atoms with Crippen LogP contribution in [0.25, 0.3) is 0 Å². The summed E-state index contributed by atoms with van der Waals surface area (Å²) in [7, 11) is 0. The topological polar surface area (TPSA) is 41.1 Å². The second kappa shape index (κ2) is 8.40. The van der Waals surface area contributed by atoms with Crippen molar-refractivity contribution >= 4 is 23.5 Å². The lowest BCUT2D eigenvalue weighted by atomic mass is 10.1. The first-order valence-electron chi connectivity index (χ1n) is 8.13. The highest BCUT2D eigenvalue weighted by atomic mass is 32.2. The largest absolute Gasteiger partial charge is 0.334 e. The number of hydrogen-bond acceptors (Lipinski definition) is 2. The molecule has 0 spiro atoms. The van der Waals surface area contributed by atoms with Crippen LogP contribution in [0.5, 0.6) is 0 Å². The van der Waals surface area contributed by atoms with Crippen LogP contribution in [0.1, 0.15) is 11.1 Å². The van der Waals surface area contributed by atoms with E-state index in [0.29, 0.717) is 6.54 Å². The Kier molecular flexibility index (Phi) is 5.75. The second-order valence-corrected chi connectivity index (χ2v) is 6.82. The highest BCUT2D eigenvalue weighted by molar-refractivity contribution is 7.99. The molecule has 0 aliphatic rings. The molecule has 4 heteroatoms. The van der Waals surface area contributed by atoms with Crippen LogP contribution in [0.4, 0.5) is 10.5 Å². The van der Waals surface area contributed by atoms with E-state index in [-0.39, 0.29) is 6.03 Å². The normalized spacial score (nSPS) is 10.3. The summed E-state index contributed by atoms with van der Waals surface area (Å²) in [5.41, 5.74) is 3.09. The van der Waals surface area contributed by atoms with Crippen LogP contribution in [0.2, 0.25) is 0 Å². The van der Waals surface area contributed by atoms with Gasteiger partial charge in [-0.15, -0.1) is 0 Å². The minimum absolute atomic E-state index is 0.207. The van der Waals surface area contributed by atoms with E-state index in [1.54, 1.807) is 11.8 Å². The molecule has 0 saturated carbocycles. The predicted octanol–water partition coefficient (Wildman–Crippen LogP) is 5.47. The van der Waals surface area contributed by atoms with Crippen molar-refractivity contribution in [1.82, 2.24) is 5.32 Å². The second-order valence-electron chi connectivity index (χ2n) is 5.70. The number of benzene rings is 3. The van der Waals surface area contributed by atoms with E-state index in [4.69, 9.17) is 0 Å². The number of aryl methyl sites for hydroxylation is 1. The zero-order valence-corrected chi connectivity index (χ0v) is 14.8. The van der Waals surface area contributed by atoms with Crippen LogP contribution in [0.3, 0.4) is 0 Å². The number of anilines is 1. The van der Waals surface area contributed by atoms with E-state index < -0.39 is 0 Å². The molecule has 25 heavy (non-hydrogen) atoms. The highest BCUT2D eigenvalue weighted by Crippen LogP contribution is 2.33. The Hall–Kier alpha value is -2.72. The van der Waals surface area contributed by atoms with Gasteiger partial charge >= 0.3 is 6.03 Å². The third kappa shape index (κ3) is 5.13. The van der Waals surface area contributed by atoms with Crippen LogP contribution >= 0.6 is 11.8 Å². The Morgan fingerprint density at radius 3 is 2.32 bits per heavy atom. The van der Waals surface area contributed by atoms with Crippen molar-refractivity contribution in [1.29, 1.82) is 0 Å². The van der Waals surface area contributed by atoms with Crippen molar-refractivity contribution < 1.29 is 4.79 Å². The summed E-state index contributed by atoms with van der Waals surface area (Å²) in [5.74, 6) is 0. The fourth-order valence-corrected chi connectivity index (χ4v) is 3.25. The van der Waals surface area contributed by atoms with E-state index in [1.807, 2.05) is 73.7 Å². The first-order chi connectivity index (χ1) is 12.2. The SMILES string of the molecule is Cc1ccc(CNC(=O)Nc2ccccc2Sc2ccccc2)cc1. The minimum Gasteiger partial charge on any atom is -0.334 e. The Balaban J connectivity index is 1.62. The molecule has 0 atom stereocenters. The Bertz CT molecular complexity index is 832. The molecular weight excluding hydrogens is 328 g/mol. The van der Waals surface area contributed by atoms with Crippen molar-refractivity contribution in [3.05, 3.63) is 90.0 Å². The van der Waals surface area contributed by atoms with E-state index in [0.717, 1.165) is 21.0 Å². The Morgan fingerprint density at radius 1 is 0.880 bits per heavy atom. The van der Waals surface area contributed by atoms with E-state index >= 15 is 0 Å². The van der Waals surface area contributed by atoms with Gasteiger partial charge in [-0.25, -0.2) is 4.79 Å². The molecule has 126 valence electrons. The highest BCUT2D eigenvalue weighted by Gasteiger charge is 2.07. The van der Waals surface area contributed by atoms with Crippen LogP contribution in [0, 0.1) is 6.92 Å². The summed E-state index contributed by atoms with van der Waals surface area (Å²) in [6.07, 6.45) is 0. The van der Waals surface area contributed by atoms with Gasteiger partial charge in [-0.1, -0.05) is 71.9 Å². The quantitative estimate of drug-likeness (QED) is 0.642. The number of hydrogen-bond donors (Lipinski definition) is 2. The zero-order chi connectivity index (χ0) is 17.5. The van der Waals surface area contributed by atoms with Crippen molar-refractivity contribution in [3.8, 4) is 0 Å². The van der Waals surface area contributed by atoms with Gasteiger partial charge in [0.25, 0.3) is 0 Å². The fourth-order valence-electron chi connectivity index (χ4n) is 2.33. The molecule has 0 fully saturated rings. The third-order valence-corrected chi connectivity index (χ3v) is 4.76. The number of carbonyl (C=O) groups is 1. The number of rotatable bonds is 5. The summed E-state index contributed by atoms with van der Waals surface area (Å²) >= 11 is 1.63. The van der Waals surface area contributed by atoms with Gasteiger partial charge in [0, 0.05) is 16.3 Å². The number of carbonyl (C=O) groups excluding carboxylic acids is 1. The summed E-state index contributed by atoms with van der Waals surface area (Å²) in [5, 5.41) is 5.84. The van der Waals surface area contributed by atoms with Crippen molar-refractivity contribution in [2.24, 2.45) is 0 Å². The van der Waals surface area contributed by atoms with Crippen LogP contribution < -0.4 is 10.6 Å². The van der Waals surface area contributed by atoms with Crippen molar-refractivity contribution in [2.75, 3.05) is 5.32 Å². The maximum atomic E-state index is 12.2. The van der Waals surface area contributed by atoms with Gasteiger partial charge in [-0.2, -0.15) is 0 Å². The summed E-state index contributed by atoms with van der Waals surface area (Å²) < 4.78 is 0. The lowest BCUT2D eigenvalue weighted by molar-refractivity contribution is 0.251. The molecule has 0 unspecified atom stereocenters. The van der Waals surface area contributed by atoms with Gasteiger partial charge in [-0.05, 0) is 36.8 Å². The van der Waals surface area contributed by atoms with Crippen LogP contribution in [-0.2, 0) is 6.54 Å². The number of nitrogens with one attached hydrogen (secondary N) is 2. The molecule has 0 aromatic heterocycles. The number of urea groups is 1. The molecule has 0 saturated heterocycles. The van der Waals surface area contributed by atoms with Crippen LogP contribution in [0.15, 0.2) is 88.7 Å². The lowest BCUT2D eigenvalue weighted by Gasteiger charge is -2.12. The molecule has 2 N–H and O–H groups in total. The molecule has 0 aliphatic carbocycles. The first-order valence-corrected chi connectivity index (χ1v) is 8.95. The van der Waals surface area contributed by atoms with Gasteiger partial charge in [0.2, 0.25) is 0 Å². The summed E-state index contributed by atoms with van der Waals surface area (Å²) in [6.45, 7) is 2.55. The van der Waals surface area contributed by atoms with Crippen molar-refractivity contribution in [2.45, 2.75) is 23.3 Å². The van der Waals surface area contributed by atoms with Gasteiger partial charge in [0.05, 0.1) is 5.69 Å². The third-order valence-electron chi connectivity index (χ3n) is 3.68. The molecule has 3 nitrogen and oxygen atoms in total. The van der Waals surface area contributed by atoms with E-state index in [2.05, 4.69) is 22.8 Å². The monoisotopic (exact) mass is 348 g/mol. The molecule has 0 radical (unpaired) electrons. The Morgan fingerprint density at radius 2 is 1.56 bits per heavy atom. The smallest absolute Gasteiger partial charge is 0.319 e. The van der Waals surface area contributed by atoms with E-state index in [1.165, 1.54) is 5.56 Å². The average Bonchev–Trinajstić information content (AvgIpc) is 2.64. The van der Waals surface area contributed by atoms with E-state index in [9.17, 15) is 4.79 Å². The minimum atomic E-state index is -0.207. The predicted molar refractivity (Wildman–Crippen MR) is 104 cm³/mol. The summed E-state index contributed by atoms with van der Waals surface area (Å²) in [6, 6.07) is 25.9. The van der Waals surface area contributed by atoms with Gasteiger partial charge in [0.1, 0.15) is 0 Å². The fraction of sp³-hybridized carbons (Fsp3) is 0.0952. The maximum absolute atomic E-state index is 12.2. The molecule has 0 bridgehead atoms. The Labute approximate surface area is 152 Å². The zero-order valence-electron chi connectivity index (χ0n) is 14.0. The average molecular weight is 348 g/mol. The van der Waals surface area contributed by atoms with Gasteiger partial charge in [-0.3, -0.25) is 0 Å². The van der Waals surface area contributed by atoms with Gasteiger partial charge < -0.3 is 10.6 Å². The number of amides is 2. The molecule has 3 rings (SSSR count). The maximum Gasteiger partial charge on any atom is 0.319 e. The van der Waals surface area contributed by atoms with Crippen molar-refractivity contribution in [3.63, 3.8) is 0 Å². The molecule has 3 aromatic rings. The molecule has 2 amide bonds. The molecule has 3 aromatic carbocycles. The molecule has 0 aliphatic heterocycles. The van der Waals surface area contributed by atoms with Crippen LogP contribution in [-0.4, -0.2) is 6.03 Å². The molecular formula is C21H20N2OS. The first kappa shape index (κ1) is 17.1.